The Bertz CT molecular complexity index is 940. The van der Waals surface area contributed by atoms with Crippen molar-refractivity contribution in [2.45, 2.75) is 32.9 Å². The average molecular weight is 340 g/mol. The van der Waals surface area contributed by atoms with Crippen LogP contribution in [-0.2, 0) is 11.3 Å². The Hall–Kier alpha value is -3.02. The summed E-state index contributed by atoms with van der Waals surface area (Å²) in [6, 6.07) is 14.4. The molecule has 0 unspecified atom stereocenters. The number of benzene rings is 2. The number of hydrogen-bond donors (Lipinski definition) is 1. The van der Waals surface area contributed by atoms with Gasteiger partial charge in [-0.2, -0.15) is 0 Å². The van der Waals surface area contributed by atoms with Crippen LogP contribution in [-0.4, -0.2) is 16.6 Å². The number of nitrogens with one attached hydrogen (secondary N) is 1. The van der Waals surface area contributed by atoms with E-state index in [2.05, 4.69) is 5.32 Å². The smallest absolute Gasteiger partial charge is 0.419 e. The largest absolute Gasteiger partial charge is 0.489 e. The Morgan fingerprint density at radius 2 is 1.88 bits per heavy atom. The Labute approximate surface area is 145 Å². The standard InChI is InChI=1S/C19H20N2O4/c1-13(2)24-16-9-5-3-7-14(16)20-18(22)11-12-21-15-8-4-6-10-17(15)25-19(21)23/h3-10,13H,11-12H2,1-2H3,(H,20,22). The molecule has 0 saturated carbocycles. The molecule has 0 radical (unpaired) electrons. The fourth-order valence-corrected chi connectivity index (χ4v) is 2.58. The summed E-state index contributed by atoms with van der Waals surface area (Å²) in [6.07, 6.45) is 0.160. The first-order chi connectivity index (χ1) is 12.0. The van der Waals surface area contributed by atoms with Crippen LogP contribution in [0.25, 0.3) is 11.1 Å². The van der Waals surface area contributed by atoms with Gasteiger partial charge in [0, 0.05) is 13.0 Å². The van der Waals surface area contributed by atoms with Crippen molar-refractivity contribution in [1.82, 2.24) is 4.57 Å². The predicted molar refractivity (Wildman–Crippen MR) is 95.9 cm³/mol. The van der Waals surface area contributed by atoms with Crippen molar-refractivity contribution in [3.8, 4) is 5.75 Å². The minimum atomic E-state index is -0.461. The minimum absolute atomic E-state index is 0.00826. The number of ether oxygens (including phenoxy) is 1. The highest BCUT2D eigenvalue weighted by atomic mass is 16.5. The number of amides is 1. The molecule has 0 aliphatic rings. The number of nitrogens with zero attached hydrogens (tertiary/aromatic N) is 1. The van der Waals surface area contributed by atoms with Crippen LogP contribution >= 0.6 is 0 Å². The number of para-hydroxylation sites is 4. The summed E-state index contributed by atoms with van der Waals surface area (Å²) >= 11 is 0. The topological polar surface area (TPSA) is 73.5 Å². The summed E-state index contributed by atoms with van der Waals surface area (Å²) in [5, 5.41) is 2.84. The second-order valence-electron chi connectivity index (χ2n) is 5.95. The molecule has 1 heterocycles. The second kappa shape index (κ2) is 7.25. The number of fused-ring (bicyclic) bond motifs is 1. The third-order valence-electron chi connectivity index (χ3n) is 3.66. The van der Waals surface area contributed by atoms with Gasteiger partial charge in [-0.25, -0.2) is 4.79 Å². The van der Waals surface area contributed by atoms with Crippen LogP contribution in [0.15, 0.2) is 57.7 Å². The van der Waals surface area contributed by atoms with Gasteiger partial charge in [-0.15, -0.1) is 0 Å². The van der Waals surface area contributed by atoms with E-state index >= 15 is 0 Å². The third-order valence-corrected chi connectivity index (χ3v) is 3.66. The number of rotatable bonds is 6. The molecule has 0 saturated heterocycles. The normalized spacial score (nSPS) is 11.0. The molecule has 1 aromatic heterocycles. The number of anilines is 1. The predicted octanol–water partition coefficient (Wildman–Crippen LogP) is 3.41. The molecule has 0 atom stereocenters. The molecule has 0 aliphatic carbocycles. The highest BCUT2D eigenvalue weighted by Crippen LogP contribution is 2.25. The molecule has 130 valence electrons. The molecular weight excluding hydrogens is 320 g/mol. The maximum atomic E-state index is 12.3. The second-order valence-corrected chi connectivity index (χ2v) is 5.95. The Morgan fingerprint density at radius 1 is 1.16 bits per heavy atom. The molecule has 3 aromatic rings. The zero-order valence-corrected chi connectivity index (χ0v) is 14.2. The first-order valence-corrected chi connectivity index (χ1v) is 8.18. The van der Waals surface area contributed by atoms with E-state index < -0.39 is 5.76 Å². The van der Waals surface area contributed by atoms with Gasteiger partial charge < -0.3 is 14.5 Å². The van der Waals surface area contributed by atoms with Gasteiger partial charge >= 0.3 is 5.76 Å². The van der Waals surface area contributed by atoms with Gasteiger partial charge in [0.05, 0.1) is 17.3 Å². The number of carbonyl (C=O) groups excluding carboxylic acids is 1. The van der Waals surface area contributed by atoms with E-state index in [1.165, 1.54) is 4.57 Å². The third kappa shape index (κ3) is 3.91. The lowest BCUT2D eigenvalue weighted by Crippen LogP contribution is -2.20. The van der Waals surface area contributed by atoms with E-state index in [0.29, 0.717) is 22.5 Å². The number of carbonyl (C=O) groups is 1. The molecule has 0 aliphatic heterocycles. The summed E-state index contributed by atoms with van der Waals surface area (Å²) in [4.78, 5) is 24.2. The summed E-state index contributed by atoms with van der Waals surface area (Å²) in [6.45, 7) is 4.10. The van der Waals surface area contributed by atoms with Crippen LogP contribution in [0, 0.1) is 0 Å². The van der Waals surface area contributed by atoms with Gasteiger partial charge in [0.15, 0.2) is 5.58 Å². The van der Waals surface area contributed by atoms with Crippen molar-refractivity contribution in [2.75, 3.05) is 5.32 Å². The van der Waals surface area contributed by atoms with E-state index in [9.17, 15) is 9.59 Å². The monoisotopic (exact) mass is 340 g/mol. The van der Waals surface area contributed by atoms with Gasteiger partial charge in [-0.1, -0.05) is 24.3 Å². The minimum Gasteiger partial charge on any atom is -0.489 e. The maximum Gasteiger partial charge on any atom is 0.419 e. The van der Waals surface area contributed by atoms with Gasteiger partial charge in [0.25, 0.3) is 0 Å². The number of aryl methyl sites for hydroxylation is 1. The van der Waals surface area contributed by atoms with Crippen molar-refractivity contribution in [2.24, 2.45) is 0 Å². The molecule has 6 heteroatoms. The lowest BCUT2D eigenvalue weighted by atomic mass is 10.2. The average Bonchev–Trinajstić information content (AvgIpc) is 2.89. The molecule has 3 rings (SSSR count). The molecule has 6 nitrogen and oxygen atoms in total. The first kappa shape index (κ1) is 16.8. The number of oxazole rings is 1. The van der Waals surface area contributed by atoms with Crippen LogP contribution in [0.3, 0.4) is 0 Å². The van der Waals surface area contributed by atoms with Crippen molar-refractivity contribution in [1.29, 1.82) is 0 Å². The number of aromatic nitrogens is 1. The van der Waals surface area contributed by atoms with Crippen molar-refractivity contribution in [3.05, 3.63) is 59.1 Å². The van der Waals surface area contributed by atoms with E-state index in [0.717, 1.165) is 0 Å². The van der Waals surface area contributed by atoms with E-state index in [-0.39, 0.29) is 25.0 Å². The van der Waals surface area contributed by atoms with Gasteiger partial charge in [0.2, 0.25) is 5.91 Å². The Balaban J connectivity index is 1.69. The molecule has 1 amide bonds. The van der Waals surface area contributed by atoms with Crippen LogP contribution in [0.1, 0.15) is 20.3 Å². The van der Waals surface area contributed by atoms with E-state index in [1.807, 2.05) is 38.1 Å². The highest BCUT2D eigenvalue weighted by Gasteiger charge is 2.12. The van der Waals surface area contributed by atoms with Crippen LogP contribution in [0.4, 0.5) is 5.69 Å². The quantitative estimate of drug-likeness (QED) is 0.746. The zero-order chi connectivity index (χ0) is 17.8. The molecule has 25 heavy (non-hydrogen) atoms. The fourth-order valence-electron chi connectivity index (χ4n) is 2.58. The summed E-state index contributed by atoms with van der Waals surface area (Å²) in [5.74, 6) is -0.0358. The molecule has 0 bridgehead atoms. The molecule has 1 N–H and O–H groups in total. The molecular formula is C19H20N2O4. The Morgan fingerprint density at radius 3 is 2.68 bits per heavy atom. The van der Waals surface area contributed by atoms with Crippen molar-refractivity contribution in [3.63, 3.8) is 0 Å². The summed E-state index contributed by atoms with van der Waals surface area (Å²) < 4.78 is 12.3. The van der Waals surface area contributed by atoms with Crippen molar-refractivity contribution >= 4 is 22.7 Å². The molecule has 0 fully saturated rings. The molecule has 2 aromatic carbocycles. The van der Waals surface area contributed by atoms with Crippen LogP contribution in [0.2, 0.25) is 0 Å². The first-order valence-electron chi connectivity index (χ1n) is 8.18. The maximum absolute atomic E-state index is 12.3. The SMILES string of the molecule is CC(C)Oc1ccccc1NC(=O)CCn1c(=O)oc2ccccc21. The van der Waals surface area contributed by atoms with Crippen LogP contribution in [0.5, 0.6) is 5.75 Å². The van der Waals surface area contributed by atoms with Gasteiger partial charge in [-0.05, 0) is 38.1 Å². The number of hydrogen-bond acceptors (Lipinski definition) is 4. The lowest BCUT2D eigenvalue weighted by Gasteiger charge is -2.14. The highest BCUT2D eigenvalue weighted by molar-refractivity contribution is 5.92. The fraction of sp³-hybridized carbons (Fsp3) is 0.263. The zero-order valence-electron chi connectivity index (χ0n) is 14.2. The van der Waals surface area contributed by atoms with Crippen LogP contribution < -0.4 is 15.8 Å². The summed E-state index contributed by atoms with van der Waals surface area (Å²) in [5.41, 5.74) is 1.82. The van der Waals surface area contributed by atoms with Gasteiger partial charge in [0.1, 0.15) is 5.75 Å². The Kier molecular flexibility index (Phi) is 4.88. The lowest BCUT2D eigenvalue weighted by molar-refractivity contribution is -0.116. The van der Waals surface area contributed by atoms with Crippen molar-refractivity contribution < 1.29 is 13.9 Å². The van der Waals surface area contributed by atoms with E-state index in [4.69, 9.17) is 9.15 Å². The van der Waals surface area contributed by atoms with E-state index in [1.54, 1.807) is 24.3 Å². The van der Waals surface area contributed by atoms with Gasteiger partial charge in [-0.3, -0.25) is 9.36 Å². The molecule has 0 spiro atoms. The summed E-state index contributed by atoms with van der Waals surface area (Å²) in [7, 11) is 0.